The summed E-state index contributed by atoms with van der Waals surface area (Å²) in [4.78, 5) is 4.37. The molecular weight excluding hydrogens is 252 g/mol. The van der Waals surface area contributed by atoms with Crippen LogP contribution in [0.1, 0.15) is 30.1 Å². The molecule has 0 amide bonds. The minimum atomic E-state index is -0.213. The Bertz CT molecular complexity index is 558. The number of hydrogen-bond donors (Lipinski definition) is 1. The number of pyridine rings is 1. The van der Waals surface area contributed by atoms with Gasteiger partial charge >= 0.3 is 0 Å². The lowest BCUT2D eigenvalue weighted by Crippen LogP contribution is -2.19. The van der Waals surface area contributed by atoms with Gasteiger partial charge in [-0.2, -0.15) is 0 Å². The van der Waals surface area contributed by atoms with Gasteiger partial charge in [0.25, 0.3) is 0 Å². The van der Waals surface area contributed by atoms with Crippen LogP contribution in [0.5, 0.6) is 11.5 Å². The fraction of sp³-hybridized carbons (Fsp3) is 0.312. The van der Waals surface area contributed by atoms with Gasteiger partial charge in [0.05, 0.1) is 14.2 Å². The Morgan fingerprint density at radius 3 is 2.50 bits per heavy atom. The largest absolute Gasteiger partial charge is 0.497 e. The van der Waals surface area contributed by atoms with Crippen molar-refractivity contribution < 1.29 is 9.47 Å². The lowest BCUT2D eigenvalue weighted by molar-refractivity contribution is 0.392. The van der Waals surface area contributed by atoms with E-state index in [2.05, 4.69) is 11.9 Å². The summed E-state index contributed by atoms with van der Waals surface area (Å²) in [6, 6.07) is 11.3. The second-order valence-electron chi connectivity index (χ2n) is 4.68. The Hall–Kier alpha value is -2.07. The van der Waals surface area contributed by atoms with Crippen LogP contribution >= 0.6 is 0 Å². The van der Waals surface area contributed by atoms with Gasteiger partial charge < -0.3 is 15.2 Å². The van der Waals surface area contributed by atoms with Crippen LogP contribution in [0.3, 0.4) is 0 Å². The lowest BCUT2D eigenvalue weighted by atomic mass is 9.91. The van der Waals surface area contributed by atoms with Crippen molar-refractivity contribution in [2.24, 2.45) is 5.73 Å². The van der Waals surface area contributed by atoms with Crippen molar-refractivity contribution in [1.82, 2.24) is 4.98 Å². The molecule has 0 spiro atoms. The maximum atomic E-state index is 6.39. The molecule has 0 aliphatic carbocycles. The van der Waals surface area contributed by atoms with Crippen molar-refractivity contribution in [3.63, 3.8) is 0 Å². The van der Waals surface area contributed by atoms with E-state index >= 15 is 0 Å². The molecule has 20 heavy (non-hydrogen) atoms. The van der Waals surface area contributed by atoms with E-state index in [4.69, 9.17) is 15.2 Å². The van der Waals surface area contributed by atoms with E-state index in [1.807, 2.05) is 36.4 Å². The van der Waals surface area contributed by atoms with E-state index < -0.39 is 0 Å². The average Bonchev–Trinajstić information content (AvgIpc) is 2.53. The maximum Gasteiger partial charge on any atom is 0.123 e. The third-order valence-corrected chi connectivity index (χ3v) is 3.49. The van der Waals surface area contributed by atoms with Gasteiger partial charge in [-0.15, -0.1) is 0 Å². The van der Waals surface area contributed by atoms with Crippen LogP contribution < -0.4 is 15.2 Å². The molecule has 0 radical (unpaired) electrons. The molecule has 106 valence electrons. The smallest absolute Gasteiger partial charge is 0.123 e. The van der Waals surface area contributed by atoms with Crippen molar-refractivity contribution in [3.05, 3.63) is 53.9 Å². The Morgan fingerprint density at radius 2 is 1.90 bits per heavy atom. The highest BCUT2D eigenvalue weighted by atomic mass is 16.5. The number of ether oxygens (including phenoxy) is 2. The molecule has 0 saturated carbocycles. The van der Waals surface area contributed by atoms with E-state index in [1.165, 1.54) is 0 Å². The van der Waals surface area contributed by atoms with Gasteiger partial charge in [0.2, 0.25) is 0 Å². The second-order valence-corrected chi connectivity index (χ2v) is 4.68. The molecule has 0 bridgehead atoms. The summed E-state index contributed by atoms with van der Waals surface area (Å²) in [5.74, 6) is 1.61. The monoisotopic (exact) mass is 272 g/mol. The second kappa shape index (κ2) is 6.39. The number of nitrogens with two attached hydrogens (primary N) is 1. The van der Waals surface area contributed by atoms with E-state index in [9.17, 15) is 0 Å². The van der Waals surface area contributed by atoms with Crippen molar-refractivity contribution in [1.29, 1.82) is 0 Å². The van der Waals surface area contributed by atoms with E-state index in [-0.39, 0.29) is 12.0 Å². The van der Waals surface area contributed by atoms with Gasteiger partial charge in [0, 0.05) is 29.4 Å². The predicted molar refractivity (Wildman–Crippen MR) is 79.1 cm³/mol. The molecule has 0 aliphatic rings. The predicted octanol–water partition coefficient (Wildman–Crippen LogP) is 2.90. The quantitative estimate of drug-likeness (QED) is 0.909. The normalized spacial score (nSPS) is 13.6. The molecule has 2 atom stereocenters. The minimum absolute atomic E-state index is 0.0807. The van der Waals surface area contributed by atoms with Gasteiger partial charge in [0.1, 0.15) is 11.5 Å². The molecular formula is C16H20N2O2. The van der Waals surface area contributed by atoms with Crippen LogP contribution in [-0.2, 0) is 0 Å². The van der Waals surface area contributed by atoms with Crippen molar-refractivity contribution >= 4 is 0 Å². The van der Waals surface area contributed by atoms with E-state index in [1.54, 1.807) is 20.4 Å². The van der Waals surface area contributed by atoms with Gasteiger partial charge in [-0.3, -0.25) is 4.98 Å². The van der Waals surface area contributed by atoms with E-state index in [0.717, 1.165) is 22.8 Å². The Kier molecular flexibility index (Phi) is 4.58. The molecule has 0 saturated heterocycles. The molecule has 0 fully saturated rings. The zero-order valence-electron chi connectivity index (χ0n) is 12.0. The Balaban J connectivity index is 2.34. The zero-order valence-corrected chi connectivity index (χ0v) is 12.0. The summed E-state index contributed by atoms with van der Waals surface area (Å²) in [5.41, 5.74) is 8.28. The number of hydrogen-bond acceptors (Lipinski definition) is 4. The van der Waals surface area contributed by atoms with Crippen LogP contribution in [0.4, 0.5) is 0 Å². The average molecular weight is 272 g/mol. The summed E-state index contributed by atoms with van der Waals surface area (Å²) >= 11 is 0. The summed E-state index contributed by atoms with van der Waals surface area (Å²) in [6.45, 7) is 2.06. The first-order valence-electron chi connectivity index (χ1n) is 6.55. The summed E-state index contributed by atoms with van der Waals surface area (Å²) in [6.07, 6.45) is 1.78. The minimum Gasteiger partial charge on any atom is -0.497 e. The summed E-state index contributed by atoms with van der Waals surface area (Å²) in [5, 5.41) is 0. The third kappa shape index (κ3) is 2.91. The first kappa shape index (κ1) is 14.3. The summed E-state index contributed by atoms with van der Waals surface area (Å²) < 4.78 is 10.7. The summed E-state index contributed by atoms with van der Waals surface area (Å²) in [7, 11) is 3.28. The molecule has 4 nitrogen and oxygen atoms in total. The van der Waals surface area contributed by atoms with Crippen molar-refractivity contribution in [3.8, 4) is 11.5 Å². The molecule has 1 aromatic heterocycles. The van der Waals surface area contributed by atoms with Crippen LogP contribution in [0, 0.1) is 0 Å². The van der Waals surface area contributed by atoms with Gasteiger partial charge in [-0.1, -0.05) is 13.0 Å². The number of methoxy groups -OCH3 is 2. The number of nitrogens with zero attached hydrogens (tertiary/aromatic N) is 1. The van der Waals surface area contributed by atoms with Gasteiger partial charge in [-0.05, 0) is 30.3 Å². The SMILES string of the molecule is COc1ccc(OC)c(C(N)C(C)c2ccccn2)c1. The van der Waals surface area contributed by atoms with Crippen molar-refractivity contribution in [2.75, 3.05) is 14.2 Å². The van der Waals surface area contributed by atoms with Crippen LogP contribution in [0.2, 0.25) is 0 Å². The first-order chi connectivity index (χ1) is 9.67. The molecule has 4 heteroatoms. The van der Waals surface area contributed by atoms with Crippen LogP contribution in [-0.4, -0.2) is 19.2 Å². The highest BCUT2D eigenvalue weighted by Gasteiger charge is 2.21. The number of aromatic nitrogens is 1. The van der Waals surface area contributed by atoms with Gasteiger partial charge in [0.15, 0.2) is 0 Å². The molecule has 2 N–H and O–H groups in total. The van der Waals surface area contributed by atoms with Crippen LogP contribution in [0.15, 0.2) is 42.6 Å². The molecule has 0 aliphatic heterocycles. The first-order valence-corrected chi connectivity index (χ1v) is 6.55. The molecule has 2 aromatic rings. The third-order valence-electron chi connectivity index (χ3n) is 3.49. The zero-order chi connectivity index (χ0) is 14.5. The van der Waals surface area contributed by atoms with Crippen molar-refractivity contribution in [2.45, 2.75) is 18.9 Å². The molecule has 1 heterocycles. The standard InChI is InChI=1S/C16H20N2O2/c1-11(14-6-4-5-9-18-14)16(17)13-10-12(19-2)7-8-15(13)20-3/h4-11,16H,17H2,1-3H3. The highest BCUT2D eigenvalue weighted by molar-refractivity contribution is 5.43. The molecule has 1 aromatic carbocycles. The fourth-order valence-electron chi connectivity index (χ4n) is 2.20. The molecule has 2 unspecified atom stereocenters. The fourth-order valence-corrected chi connectivity index (χ4v) is 2.20. The Labute approximate surface area is 119 Å². The van der Waals surface area contributed by atoms with E-state index in [0.29, 0.717) is 0 Å². The lowest BCUT2D eigenvalue weighted by Gasteiger charge is -2.22. The van der Waals surface area contributed by atoms with Gasteiger partial charge in [-0.25, -0.2) is 0 Å². The van der Waals surface area contributed by atoms with Crippen LogP contribution in [0.25, 0.3) is 0 Å². The number of benzene rings is 1. The number of rotatable bonds is 5. The molecule has 2 rings (SSSR count). The Morgan fingerprint density at radius 1 is 1.10 bits per heavy atom. The maximum absolute atomic E-state index is 6.39. The topological polar surface area (TPSA) is 57.4 Å². The highest BCUT2D eigenvalue weighted by Crippen LogP contribution is 2.35.